The SMILES string of the molecule is CC/C=C\C/C=C\C/C=C\C/C=C\CCCCCCCCC(=O)OCC(COC1OC(C(=O)O)C(O)C(O)C1OC(=O)CCCCCCCCC/C=C\CCCCCCCC)OC(=O)CCCCCCCCCCC. The quantitative estimate of drug-likeness (QED) is 0.0228. The van der Waals surface area contributed by atoms with Crippen LogP contribution in [0.1, 0.15) is 265 Å². The van der Waals surface area contributed by atoms with E-state index in [1.165, 1.54) is 89.9 Å². The highest BCUT2D eigenvalue weighted by molar-refractivity contribution is 5.74. The molecule has 1 heterocycles. The van der Waals surface area contributed by atoms with E-state index < -0.39 is 67.3 Å². The van der Waals surface area contributed by atoms with Gasteiger partial charge in [0.05, 0.1) is 6.61 Å². The first-order valence-electron chi connectivity index (χ1n) is 30.3. The van der Waals surface area contributed by atoms with Crippen LogP contribution >= 0.6 is 0 Å². The number of aliphatic hydroxyl groups is 2. The molecule has 0 bridgehead atoms. The number of aliphatic hydroxyl groups excluding tert-OH is 2. The zero-order valence-electron chi connectivity index (χ0n) is 47.5. The number of unbranched alkanes of at least 4 members (excludes halogenated alkanes) is 27. The minimum Gasteiger partial charge on any atom is -0.479 e. The van der Waals surface area contributed by atoms with Crippen molar-refractivity contribution in [3.8, 4) is 0 Å². The van der Waals surface area contributed by atoms with Crippen LogP contribution in [-0.4, -0.2) is 89.2 Å². The zero-order chi connectivity index (χ0) is 54.7. The lowest BCUT2D eigenvalue weighted by molar-refractivity contribution is -0.301. The van der Waals surface area contributed by atoms with Gasteiger partial charge >= 0.3 is 23.9 Å². The van der Waals surface area contributed by atoms with Gasteiger partial charge in [-0.2, -0.15) is 0 Å². The average molecular weight is 1060 g/mol. The van der Waals surface area contributed by atoms with Crippen LogP contribution in [0.4, 0.5) is 0 Å². The molecule has 0 spiro atoms. The van der Waals surface area contributed by atoms with Gasteiger partial charge in [-0.3, -0.25) is 14.4 Å². The Morgan fingerprint density at radius 1 is 0.453 bits per heavy atom. The fourth-order valence-electron chi connectivity index (χ4n) is 8.94. The Hall–Kier alpha value is -3.58. The van der Waals surface area contributed by atoms with E-state index in [-0.39, 0.29) is 25.9 Å². The standard InChI is InChI=1S/C63H108O12/c1-4-7-10-13-16-19-21-23-25-27-28-30-31-33-35-38-40-43-46-49-55(64)71-52-54(73-56(65)50-47-44-41-37-18-15-12-9-6-3)53-72-63-61(59(68)58(67)60(75-63)62(69)70)74-57(66)51-48-45-42-39-36-34-32-29-26-24-22-20-17-14-11-8-5-2/h7,10,16,19,23-26,28,30,54,58-61,63,67-68H,4-6,8-9,11-15,17-18,20-22,27,29,31-53H2,1-3H3,(H,69,70)/b10-7-,19-16-,25-23-,26-24-,30-28-. The predicted molar refractivity (Wildman–Crippen MR) is 303 cm³/mol. The van der Waals surface area contributed by atoms with Crippen molar-refractivity contribution >= 4 is 23.9 Å². The molecule has 1 rings (SSSR count). The van der Waals surface area contributed by atoms with Gasteiger partial charge in [0.2, 0.25) is 0 Å². The molecule has 1 aliphatic heterocycles. The van der Waals surface area contributed by atoms with E-state index in [1.807, 2.05) is 0 Å². The maximum atomic E-state index is 13.1. The van der Waals surface area contributed by atoms with Gasteiger partial charge < -0.3 is 39.0 Å². The van der Waals surface area contributed by atoms with E-state index >= 15 is 0 Å². The molecule has 1 fully saturated rings. The molecule has 1 aliphatic rings. The second kappa shape index (κ2) is 51.2. The summed E-state index contributed by atoms with van der Waals surface area (Å²) in [5.41, 5.74) is 0. The first-order valence-corrected chi connectivity index (χ1v) is 30.3. The highest BCUT2D eigenvalue weighted by Crippen LogP contribution is 2.26. The average Bonchev–Trinajstić information content (AvgIpc) is 3.39. The van der Waals surface area contributed by atoms with Crippen molar-refractivity contribution in [2.24, 2.45) is 0 Å². The molecular weight excluding hydrogens is 949 g/mol. The Morgan fingerprint density at radius 2 is 0.840 bits per heavy atom. The normalized spacial score (nSPS) is 18.5. The molecule has 0 aromatic rings. The summed E-state index contributed by atoms with van der Waals surface area (Å²) in [6, 6.07) is 0. The lowest BCUT2D eigenvalue weighted by atomic mass is 9.98. The number of hydrogen-bond acceptors (Lipinski definition) is 11. The van der Waals surface area contributed by atoms with E-state index in [4.69, 9.17) is 23.7 Å². The number of rotatable bonds is 51. The summed E-state index contributed by atoms with van der Waals surface area (Å²) in [7, 11) is 0. The summed E-state index contributed by atoms with van der Waals surface area (Å²) < 4.78 is 28.4. The predicted octanol–water partition coefficient (Wildman–Crippen LogP) is 15.6. The van der Waals surface area contributed by atoms with Crippen molar-refractivity contribution < 1.29 is 58.2 Å². The molecule has 0 aromatic heterocycles. The van der Waals surface area contributed by atoms with Gasteiger partial charge in [-0.25, -0.2) is 4.79 Å². The van der Waals surface area contributed by atoms with E-state index in [0.29, 0.717) is 19.3 Å². The molecule has 6 atom stereocenters. The Bertz CT molecular complexity index is 1540. The topological polar surface area (TPSA) is 175 Å². The summed E-state index contributed by atoms with van der Waals surface area (Å²) in [5.74, 6) is -3.13. The van der Waals surface area contributed by atoms with Gasteiger partial charge in [0, 0.05) is 19.3 Å². The highest BCUT2D eigenvalue weighted by Gasteiger charge is 2.50. The molecule has 75 heavy (non-hydrogen) atoms. The van der Waals surface area contributed by atoms with Gasteiger partial charge in [-0.05, 0) is 83.5 Å². The van der Waals surface area contributed by atoms with Crippen molar-refractivity contribution in [3.63, 3.8) is 0 Å². The Labute approximate surface area is 456 Å². The number of carbonyl (C=O) groups is 4. The Balaban J connectivity index is 2.63. The van der Waals surface area contributed by atoms with Crippen LogP contribution in [0, 0.1) is 0 Å². The fourth-order valence-corrected chi connectivity index (χ4v) is 8.94. The number of carboxylic acids is 1. The minimum absolute atomic E-state index is 0.0551. The molecule has 6 unspecified atom stereocenters. The second-order valence-corrected chi connectivity index (χ2v) is 20.6. The summed E-state index contributed by atoms with van der Waals surface area (Å²) in [6.45, 7) is 5.85. The van der Waals surface area contributed by atoms with Crippen molar-refractivity contribution in [3.05, 3.63) is 60.8 Å². The third-order valence-electron chi connectivity index (χ3n) is 13.6. The molecule has 432 valence electrons. The van der Waals surface area contributed by atoms with Crippen LogP contribution < -0.4 is 0 Å². The first kappa shape index (κ1) is 69.4. The zero-order valence-corrected chi connectivity index (χ0v) is 47.5. The first-order chi connectivity index (χ1) is 36.6. The Kier molecular flexibility index (Phi) is 47.4. The molecular formula is C63H108O12. The molecule has 3 N–H and O–H groups in total. The van der Waals surface area contributed by atoms with E-state index in [2.05, 4.69) is 81.5 Å². The van der Waals surface area contributed by atoms with Crippen molar-refractivity contribution in [2.45, 2.75) is 302 Å². The molecule has 0 aliphatic carbocycles. The lowest BCUT2D eigenvalue weighted by Crippen LogP contribution is -2.61. The number of hydrogen-bond donors (Lipinski definition) is 3. The van der Waals surface area contributed by atoms with Crippen LogP contribution in [0.15, 0.2) is 60.8 Å². The van der Waals surface area contributed by atoms with Crippen LogP contribution in [0.5, 0.6) is 0 Å². The Morgan fingerprint density at radius 3 is 1.29 bits per heavy atom. The minimum atomic E-state index is -1.90. The molecule has 0 radical (unpaired) electrons. The number of ether oxygens (including phenoxy) is 5. The molecule has 1 saturated heterocycles. The third kappa shape index (κ3) is 41.2. The fraction of sp³-hybridized carbons (Fsp3) is 0.778. The molecule has 0 saturated carbocycles. The monoisotopic (exact) mass is 1060 g/mol. The third-order valence-corrected chi connectivity index (χ3v) is 13.6. The number of esters is 3. The van der Waals surface area contributed by atoms with Crippen LogP contribution in [0.25, 0.3) is 0 Å². The van der Waals surface area contributed by atoms with Gasteiger partial charge in [0.25, 0.3) is 0 Å². The van der Waals surface area contributed by atoms with Crippen molar-refractivity contribution in [2.75, 3.05) is 13.2 Å². The largest absolute Gasteiger partial charge is 0.479 e. The number of aliphatic carboxylic acids is 1. The summed E-state index contributed by atoms with van der Waals surface area (Å²) in [5, 5.41) is 31.5. The van der Waals surface area contributed by atoms with Crippen molar-refractivity contribution in [1.29, 1.82) is 0 Å². The van der Waals surface area contributed by atoms with Crippen LogP contribution in [0.2, 0.25) is 0 Å². The van der Waals surface area contributed by atoms with Crippen LogP contribution in [0.3, 0.4) is 0 Å². The summed E-state index contributed by atoms with van der Waals surface area (Å²) in [6.07, 6.45) is 50.5. The number of carbonyl (C=O) groups excluding carboxylic acids is 3. The maximum Gasteiger partial charge on any atom is 0.335 e. The van der Waals surface area contributed by atoms with Gasteiger partial charge in [-0.1, -0.05) is 223 Å². The van der Waals surface area contributed by atoms with E-state index in [1.54, 1.807) is 0 Å². The van der Waals surface area contributed by atoms with Gasteiger partial charge in [0.1, 0.15) is 18.8 Å². The smallest absolute Gasteiger partial charge is 0.335 e. The van der Waals surface area contributed by atoms with Crippen molar-refractivity contribution in [1.82, 2.24) is 0 Å². The summed E-state index contributed by atoms with van der Waals surface area (Å²) >= 11 is 0. The molecule has 12 nitrogen and oxygen atoms in total. The second-order valence-electron chi connectivity index (χ2n) is 20.6. The van der Waals surface area contributed by atoms with E-state index in [0.717, 1.165) is 116 Å². The summed E-state index contributed by atoms with van der Waals surface area (Å²) in [4.78, 5) is 51.0. The molecule has 0 amide bonds. The number of allylic oxidation sites excluding steroid dienone is 10. The number of carboxylic acid groups (broad SMARTS) is 1. The highest BCUT2D eigenvalue weighted by atomic mass is 16.7. The van der Waals surface area contributed by atoms with Crippen LogP contribution in [-0.2, 0) is 42.9 Å². The van der Waals surface area contributed by atoms with E-state index in [9.17, 15) is 34.5 Å². The van der Waals surface area contributed by atoms with Gasteiger partial charge in [-0.15, -0.1) is 0 Å². The molecule has 0 aromatic carbocycles. The lowest BCUT2D eigenvalue weighted by Gasteiger charge is -2.40. The molecule has 12 heteroatoms. The van der Waals surface area contributed by atoms with Gasteiger partial charge in [0.15, 0.2) is 24.6 Å². The maximum absolute atomic E-state index is 13.1.